The highest BCUT2D eigenvalue weighted by atomic mass is 32.1. The van der Waals surface area contributed by atoms with E-state index in [1.165, 1.54) is 0 Å². The van der Waals surface area contributed by atoms with Gasteiger partial charge in [0.2, 0.25) is 0 Å². The summed E-state index contributed by atoms with van der Waals surface area (Å²) in [4.78, 5) is 13.3. The zero-order valence-corrected chi connectivity index (χ0v) is 17.0. The lowest BCUT2D eigenvalue weighted by Gasteiger charge is -2.32. The number of methoxy groups -OCH3 is 1. The third-order valence-electron chi connectivity index (χ3n) is 4.98. The smallest absolute Gasteiger partial charge is 0.255 e. The van der Waals surface area contributed by atoms with E-state index in [9.17, 15) is 4.79 Å². The van der Waals surface area contributed by atoms with Gasteiger partial charge in [-0.1, -0.05) is 48.5 Å². The van der Waals surface area contributed by atoms with E-state index >= 15 is 0 Å². The molecule has 0 radical (unpaired) electrons. The minimum absolute atomic E-state index is 0.198. The zero-order valence-electron chi connectivity index (χ0n) is 16.2. The number of carbonyl (C=O) groups is 1. The fraction of sp³-hybridized carbons (Fsp3) is 0.130. The van der Waals surface area contributed by atoms with Crippen LogP contribution in [-0.4, -0.2) is 18.1 Å². The molecule has 0 saturated heterocycles. The molecule has 0 aliphatic carbocycles. The van der Waals surface area contributed by atoms with Crippen molar-refractivity contribution in [3.63, 3.8) is 0 Å². The second kappa shape index (κ2) is 7.93. The summed E-state index contributed by atoms with van der Waals surface area (Å²) >= 11 is 5.40. The van der Waals surface area contributed by atoms with Crippen molar-refractivity contribution < 1.29 is 9.53 Å². The lowest BCUT2D eigenvalue weighted by Crippen LogP contribution is -2.46. The number of hydrogen-bond acceptors (Lipinski definition) is 3. The van der Waals surface area contributed by atoms with Crippen LogP contribution in [0.25, 0.3) is 10.8 Å². The second-order valence-electron chi connectivity index (χ2n) is 6.79. The summed E-state index contributed by atoms with van der Waals surface area (Å²) < 4.78 is 5.67. The van der Waals surface area contributed by atoms with Crippen LogP contribution in [-0.2, 0) is 4.79 Å². The number of hydrogen-bond donors (Lipinski definition) is 3. The van der Waals surface area contributed by atoms with E-state index < -0.39 is 6.04 Å². The fourth-order valence-electron chi connectivity index (χ4n) is 3.68. The fourth-order valence-corrected chi connectivity index (χ4v) is 3.95. The second-order valence-corrected chi connectivity index (χ2v) is 7.20. The van der Waals surface area contributed by atoms with Crippen molar-refractivity contribution in [3.05, 3.63) is 83.6 Å². The van der Waals surface area contributed by atoms with E-state index in [0.717, 1.165) is 22.0 Å². The molecule has 0 unspecified atom stereocenters. The molecule has 0 aromatic heterocycles. The summed E-state index contributed by atoms with van der Waals surface area (Å²) in [5.41, 5.74) is 2.89. The van der Waals surface area contributed by atoms with Gasteiger partial charge in [-0.2, -0.15) is 0 Å². The number of para-hydroxylation sites is 1. The molecule has 3 aromatic rings. The number of benzene rings is 3. The first-order valence-corrected chi connectivity index (χ1v) is 9.69. The molecule has 1 aliphatic rings. The molecule has 3 N–H and O–H groups in total. The van der Waals surface area contributed by atoms with Gasteiger partial charge in [-0.15, -0.1) is 0 Å². The Morgan fingerprint density at radius 1 is 1.03 bits per heavy atom. The summed E-state index contributed by atoms with van der Waals surface area (Å²) in [5, 5.41) is 11.9. The number of allylic oxidation sites excluding steroid dienone is 1. The van der Waals surface area contributed by atoms with Crippen LogP contribution in [0.3, 0.4) is 0 Å². The Kier molecular flexibility index (Phi) is 5.18. The monoisotopic (exact) mass is 403 g/mol. The first-order chi connectivity index (χ1) is 14.1. The van der Waals surface area contributed by atoms with Gasteiger partial charge in [0.1, 0.15) is 5.75 Å². The molecular formula is C23H21N3O2S. The summed E-state index contributed by atoms with van der Waals surface area (Å²) in [5.74, 6) is 0.500. The van der Waals surface area contributed by atoms with Crippen LogP contribution in [0.5, 0.6) is 5.75 Å². The van der Waals surface area contributed by atoms with E-state index in [1.807, 2.05) is 73.7 Å². The van der Waals surface area contributed by atoms with Crippen molar-refractivity contribution in [1.29, 1.82) is 0 Å². The van der Waals surface area contributed by atoms with Crippen molar-refractivity contribution in [2.45, 2.75) is 13.0 Å². The van der Waals surface area contributed by atoms with Gasteiger partial charge in [0.25, 0.3) is 5.91 Å². The maximum Gasteiger partial charge on any atom is 0.255 e. The lowest BCUT2D eigenvalue weighted by molar-refractivity contribution is -0.113. The number of thiocarbonyl (C=S) groups is 1. The first kappa shape index (κ1) is 19.0. The highest BCUT2D eigenvalue weighted by Gasteiger charge is 2.33. The molecule has 1 aliphatic heterocycles. The molecule has 3 aromatic carbocycles. The minimum atomic E-state index is -0.450. The maximum absolute atomic E-state index is 13.3. The number of amides is 1. The topological polar surface area (TPSA) is 62.4 Å². The van der Waals surface area contributed by atoms with E-state index in [4.69, 9.17) is 17.0 Å². The standard InChI is InChI=1S/C23H21N3O2S/c1-14-19(22(27)25-16-9-4-3-5-10-16)21(26-23(29)24-14)20-17-11-7-6-8-15(17)12-13-18(20)28-2/h3-13,21H,1-2H3,(H,25,27)(H2,24,26,29)/t21-/m1/s1. The van der Waals surface area contributed by atoms with Crippen LogP contribution >= 0.6 is 12.2 Å². The van der Waals surface area contributed by atoms with Crippen LogP contribution in [0.4, 0.5) is 5.69 Å². The number of fused-ring (bicyclic) bond motifs is 1. The Morgan fingerprint density at radius 2 is 1.76 bits per heavy atom. The molecule has 0 bridgehead atoms. The van der Waals surface area contributed by atoms with Crippen LogP contribution in [0.2, 0.25) is 0 Å². The Hall–Kier alpha value is -3.38. The SMILES string of the molecule is COc1ccc2ccccc2c1[C@@H]1NC(=S)NC(C)=C1C(=O)Nc1ccccc1. The molecule has 6 heteroatoms. The average Bonchev–Trinajstić information content (AvgIpc) is 2.72. The van der Waals surface area contributed by atoms with E-state index in [0.29, 0.717) is 22.1 Å². The molecule has 0 fully saturated rings. The molecule has 146 valence electrons. The van der Waals surface area contributed by atoms with Gasteiger partial charge >= 0.3 is 0 Å². The normalized spacial score (nSPS) is 16.2. The summed E-state index contributed by atoms with van der Waals surface area (Å²) in [6.45, 7) is 1.86. The van der Waals surface area contributed by atoms with Crippen molar-refractivity contribution >= 4 is 39.7 Å². The molecule has 0 spiro atoms. The molecule has 1 atom stereocenters. The third-order valence-corrected chi connectivity index (χ3v) is 5.20. The lowest BCUT2D eigenvalue weighted by atomic mass is 9.90. The van der Waals surface area contributed by atoms with Crippen LogP contribution < -0.4 is 20.7 Å². The van der Waals surface area contributed by atoms with Gasteiger partial charge in [-0.3, -0.25) is 4.79 Å². The van der Waals surface area contributed by atoms with Gasteiger partial charge in [0, 0.05) is 16.9 Å². The molecule has 4 rings (SSSR count). The number of carbonyl (C=O) groups excluding carboxylic acids is 1. The Labute approximate surface area is 174 Å². The number of anilines is 1. The van der Waals surface area contributed by atoms with Crippen LogP contribution in [0.15, 0.2) is 78.0 Å². The van der Waals surface area contributed by atoms with Crippen LogP contribution in [0.1, 0.15) is 18.5 Å². The quantitative estimate of drug-likeness (QED) is 0.568. The molecule has 0 saturated carbocycles. The average molecular weight is 404 g/mol. The number of rotatable bonds is 4. The van der Waals surface area contributed by atoms with Crippen molar-refractivity contribution in [1.82, 2.24) is 10.6 Å². The van der Waals surface area contributed by atoms with Crippen molar-refractivity contribution in [3.8, 4) is 5.75 Å². The highest BCUT2D eigenvalue weighted by Crippen LogP contribution is 2.38. The molecule has 1 heterocycles. The van der Waals surface area contributed by atoms with Gasteiger partial charge in [-0.05, 0) is 48.1 Å². The molecule has 29 heavy (non-hydrogen) atoms. The number of ether oxygens (including phenoxy) is 1. The predicted molar refractivity (Wildman–Crippen MR) is 120 cm³/mol. The van der Waals surface area contributed by atoms with E-state index in [1.54, 1.807) is 7.11 Å². The van der Waals surface area contributed by atoms with Gasteiger partial charge in [-0.25, -0.2) is 0 Å². The van der Waals surface area contributed by atoms with Crippen LogP contribution in [0, 0.1) is 0 Å². The van der Waals surface area contributed by atoms with Crippen molar-refractivity contribution in [2.75, 3.05) is 12.4 Å². The number of nitrogens with one attached hydrogen (secondary N) is 3. The summed E-state index contributed by atoms with van der Waals surface area (Å²) in [7, 11) is 1.63. The molecule has 1 amide bonds. The minimum Gasteiger partial charge on any atom is -0.496 e. The van der Waals surface area contributed by atoms with Crippen molar-refractivity contribution in [2.24, 2.45) is 0 Å². The maximum atomic E-state index is 13.3. The largest absolute Gasteiger partial charge is 0.496 e. The van der Waals surface area contributed by atoms with Gasteiger partial charge in [0.05, 0.1) is 18.7 Å². The molecule has 5 nitrogen and oxygen atoms in total. The van der Waals surface area contributed by atoms with E-state index in [2.05, 4.69) is 16.0 Å². The summed E-state index contributed by atoms with van der Waals surface area (Å²) in [6, 6.07) is 20.9. The first-order valence-electron chi connectivity index (χ1n) is 9.29. The molecular weight excluding hydrogens is 382 g/mol. The summed E-state index contributed by atoms with van der Waals surface area (Å²) in [6.07, 6.45) is 0. The zero-order chi connectivity index (χ0) is 20.4. The predicted octanol–water partition coefficient (Wildman–Crippen LogP) is 4.28. The third kappa shape index (κ3) is 3.67. The Bertz CT molecular complexity index is 1130. The van der Waals surface area contributed by atoms with E-state index in [-0.39, 0.29) is 5.91 Å². The van der Waals surface area contributed by atoms with Gasteiger partial charge < -0.3 is 20.7 Å². The van der Waals surface area contributed by atoms with Gasteiger partial charge in [0.15, 0.2) is 5.11 Å². The Balaban J connectivity index is 1.85. The highest BCUT2D eigenvalue weighted by molar-refractivity contribution is 7.80. The Morgan fingerprint density at radius 3 is 2.52 bits per heavy atom.